The largest absolute Gasteiger partial charge is 0.340 e. The first kappa shape index (κ1) is 17.4. The third-order valence-electron chi connectivity index (χ3n) is 3.78. The normalized spacial score (nSPS) is 18.2. The van der Waals surface area contributed by atoms with Crippen LogP contribution in [0.2, 0.25) is 0 Å². The molecule has 22 heavy (non-hydrogen) atoms. The van der Waals surface area contributed by atoms with E-state index in [9.17, 15) is 13.2 Å². The second kappa shape index (κ2) is 7.08. The summed E-state index contributed by atoms with van der Waals surface area (Å²) in [6.07, 6.45) is 0. The first-order valence-corrected chi connectivity index (χ1v) is 9.34. The van der Waals surface area contributed by atoms with Gasteiger partial charge in [-0.2, -0.15) is 4.31 Å². The van der Waals surface area contributed by atoms with Crippen LogP contribution in [0.3, 0.4) is 0 Å². The molecule has 0 spiro atoms. The van der Waals surface area contributed by atoms with Crippen LogP contribution in [0.15, 0.2) is 33.6 Å². The van der Waals surface area contributed by atoms with Gasteiger partial charge in [-0.15, -0.1) is 0 Å². The van der Waals surface area contributed by atoms with Crippen LogP contribution in [-0.4, -0.2) is 56.3 Å². The Hall–Kier alpha value is -0.960. The van der Waals surface area contributed by atoms with E-state index in [2.05, 4.69) is 15.9 Å². The predicted molar refractivity (Wildman–Crippen MR) is 87.7 cm³/mol. The van der Waals surface area contributed by atoms with Crippen molar-refractivity contribution in [2.24, 2.45) is 11.7 Å². The Morgan fingerprint density at radius 1 is 1.23 bits per heavy atom. The molecule has 0 aliphatic carbocycles. The van der Waals surface area contributed by atoms with E-state index < -0.39 is 10.0 Å². The van der Waals surface area contributed by atoms with Crippen molar-refractivity contribution in [3.8, 4) is 0 Å². The second-order valence-electron chi connectivity index (χ2n) is 5.32. The highest BCUT2D eigenvalue weighted by atomic mass is 79.9. The number of halogens is 1. The van der Waals surface area contributed by atoms with Crippen molar-refractivity contribution < 1.29 is 13.2 Å². The van der Waals surface area contributed by atoms with Crippen LogP contribution in [0.25, 0.3) is 0 Å². The summed E-state index contributed by atoms with van der Waals surface area (Å²) < 4.78 is 27.4. The Kier molecular flexibility index (Phi) is 5.60. The van der Waals surface area contributed by atoms with Crippen LogP contribution in [0.5, 0.6) is 0 Å². The molecular weight excluding hydrogens is 370 g/mol. The summed E-state index contributed by atoms with van der Waals surface area (Å²) in [6.45, 7) is 3.50. The predicted octanol–water partition coefficient (Wildman–Crippen LogP) is 0.877. The van der Waals surface area contributed by atoms with Crippen molar-refractivity contribution in [2.45, 2.75) is 11.8 Å². The molecule has 2 rings (SSSR count). The Bertz CT molecular complexity index is 625. The van der Waals surface area contributed by atoms with Crippen LogP contribution < -0.4 is 5.73 Å². The van der Waals surface area contributed by atoms with Gasteiger partial charge in [-0.1, -0.05) is 22.9 Å². The zero-order valence-corrected chi connectivity index (χ0v) is 14.8. The molecule has 6 nitrogen and oxygen atoms in total. The smallest absolute Gasteiger partial charge is 0.243 e. The van der Waals surface area contributed by atoms with Crippen molar-refractivity contribution in [3.63, 3.8) is 0 Å². The summed E-state index contributed by atoms with van der Waals surface area (Å²) in [5.41, 5.74) is 5.51. The molecule has 2 N–H and O–H groups in total. The Morgan fingerprint density at radius 3 is 2.27 bits per heavy atom. The fourth-order valence-corrected chi connectivity index (χ4v) is 4.00. The molecule has 0 radical (unpaired) electrons. The van der Waals surface area contributed by atoms with Gasteiger partial charge in [-0.25, -0.2) is 8.42 Å². The third kappa shape index (κ3) is 3.68. The Morgan fingerprint density at radius 2 is 1.77 bits per heavy atom. The topological polar surface area (TPSA) is 83.7 Å². The highest BCUT2D eigenvalue weighted by molar-refractivity contribution is 9.10. The number of carbonyl (C=O) groups is 1. The number of sulfonamides is 1. The number of nitrogens with two attached hydrogens (primary N) is 1. The van der Waals surface area contributed by atoms with Crippen LogP contribution in [0, 0.1) is 5.92 Å². The van der Waals surface area contributed by atoms with Gasteiger partial charge in [-0.3, -0.25) is 4.79 Å². The number of amides is 1. The number of benzene rings is 1. The fraction of sp³-hybridized carbons (Fsp3) is 0.500. The molecule has 0 aromatic heterocycles. The maximum atomic E-state index is 12.6. The van der Waals surface area contributed by atoms with E-state index in [1.807, 2.05) is 0 Å². The molecule has 8 heteroatoms. The molecule has 0 saturated carbocycles. The second-order valence-corrected chi connectivity index (χ2v) is 8.17. The molecule has 1 heterocycles. The first-order valence-electron chi connectivity index (χ1n) is 7.11. The van der Waals surface area contributed by atoms with Gasteiger partial charge >= 0.3 is 0 Å². The van der Waals surface area contributed by atoms with Gasteiger partial charge in [-0.05, 0) is 24.3 Å². The lowest BCUT2D eigenvalue weighted by atomic mass is 10.1. The van der Waals surface area contributed by atoms with E-state index in [0.717, 1.165) is 4.47 Å². The quantitative estimate of drug-likeness (QED) is 0.827. The summed E-state index contributed by atoms with van der Waals surface area (Å²) in [5, 5.41) is 0. The highest BCUT2D eigenvalue weighted by Crippen LogP contribution is 2.20. The third-order valence-corrected chi connectivity index (χ3v) is 6.22. The first-order chi connectivity index (χ1) is 10.4. The minimum atomic E-state index is -3.50. The average Bonchev–Trinajstić information content (AvgIpc) is 2.54. The van der Waals surface area contributed by atoms with E-state index in [-0.39, 0.29) is 16.7 Å². The number of hydrogen-bond acceptors (Lipinski definition) is 4. The van der Waals surface area contributed by atoms with E-state index in [0.29, 0.717) is 32.7 Å². The number of piperazine rings is 1. The molecule has 1 aliphatic rings. The molecule has 1 saturated heterocycles. The number of nitrogens with zero attached hydrogens (tertiary/aromatic N) is 2. The van der Waals surface area contributed by atoms with Crippen molar-refractivity contribution in [2.75, 3.05) is 32.7 Å². The summed E-state index contributed by atoms with van der Waals surface area (Å²) in [7, 11) is -3.50. The molecular formula is C14H20BrN3O3S. The van der Waals surface area contributed by atoms with E-state index in [4.69, 9.17) is 5.73 Å². The molecule has 1 fully saturated rings. The van der Waals surface area contributed by atoms with Crippen molar-refractivity contribution >= 4 is 31.9 Å². The summed E-state index contributed by atoms with van der Waals surface area (Å²) >= 11 is 3.29. The maximum absolute atomic E-state index is 12.6. The summed E-state index contributed by atoms with van der Waals surface area (Å²) in [6, 6.07) is 6.56. The molecule has 0 bridgehead atoms. The van der Waals surface area contributed by atoms with E-state index >= 15 is 0 Å². The molecule has 1 unspecified atom stereocenters. The maximum Gasteiger partial charge on any atom is 0.243 e. The SMILES string of the molecule is CC(CN)C(=O)N1CCN(S(=O)(=O)c2ccc(Br)cc2)CC1. The fourth-order valence-electron chi connectivity index (χ4n) is 2.32. The zero-order valence-electron chi connectivity index (χ0n) is 12.4. The highest BCUT2D eigenvalue weighted by Gasteiger charge is 2.31. The summed E-state index contributed by atoms with van der Waals surface area (Å²) in [5.74, 6) is -0.238. The molecule has 122 valence electrons. The summed E-state index contributed by atoms with van der Waals surface area (Å²) in [4.78, 5) is 14.0. The van der Waals surface area contributed by atoms with Crippen LogP contribution in [0.1, 0.15) is 6.92 Å². The average molecular weight is 390 g/mol. The Balaban J connectivity index is 2.05. The number of rotatable bonds is 4. The van der Waals surface area contributed by atoms with Crippen molar-refractivity contribution in [1.82, 2.24) is 9.21 Å². The minimum Gasteiger partial charge on any atom is -0.340 e. The number of carbonyl (C=O) groups excluding carboxylic acids is 1. The van der Waals surface area contributed by atoms with E-state index in [1.54, 1.807) is 36.1 Å². The Labute approximate surface area is 139 Å². The zero-order chi connectivity index (χ0) is 16.3. The van der Waals surface area contributed by atoms with Gasteiger partial charge < -0.3 is 10.6 Å². The van der Waals surface area contributed by atoms with Gasteiger partial charge in [0.1, 0.15) is 0 Å². The van der Waals surface area contributed by atoms with Crippen molar-refractivity contribution in [3.05, 3.63) is 28.7 Å². The van der Waals surface area contributed by atoms with Gasteiger partial charge in [0.05, 0.1) is 4.90 Å². The van der Waals surface area contributed by atoms with Gasteiger partial charge in [0.25, 0.3) is 0 Å². The van der Waals surface area contributed by atoms with Crippen molar-refractivity contribution in [1.29, 1.82) is 0 Å². The van der Waals surface area contributed by atoms with Crippen LogP contribution >= 0.6 is 15.9 Å². The molecule has 1 aromatic rings. The van der Waals surface area contributed by atoms with E-state index in [1.165, 1.54) is 4.31 Å². The van der Waals surface area contributed by atoms with Gasteiger partial charge in [0.15, 0.2) is 0 Å². The van der Waals surface area contributed by atoms with Gasteiger partial charge in [0, 0.05) is 43.1 Å². The molecule has 1 amide bonds. The lowest BCUT2D eigenvalue weighted by Gasteiger charge is -2.35. The monoisotopic (exact) mass is 389 g/mol. The molecule has 1 atom stereocenters. The lowest BCUT2D eigenvalue weighted by Crippen LogP contribution is -2.52. The standard InChI is InChI=1S/C14H20BrN3O3S/c1-11(10-16)14(19)17-6-8-18(9-7-17)22(20,21)13-4-2-12(15)3-5-13/h2-5,11H,6-10,16H2,1H3. The van der Waals surface area contributed by atoms with Crippen LogP contribution in [-0.2, 0) is 14.8 Å². The molecule has 1 aromatic carbocycles. The van der Waals surface area contributed by atoms with Gasteiger partial charge in [0.2, 0.25) is 15.9 Å². The van der Waals surface area contributed by atoms with Crippen LogP contribution in [0.4, 0.5) is 0 Å². The lowest BCUT2D eigenvalue weighted by molar-refractivity contribution is -0.135. The number of hydrogen-bond donors (Lipinski definition) is 1. The minimum absolute atomic E-state index is 0.0109. The molecule has 1 aliphatic heterocycles.